The normalized spacial score (nSPS) is 21.9. The second-order valence-corrected chi connectivity index (χ2v) is 12.9. The Labute approximate surface area is 250 Å². The van der Waals surface area contributed by atoms with Gasteiger partial charge in [-0.3, -0.25) is 0 Å². The Morgan fingerprint density at radius 3 is 2.46 bits per heavy atom. The van der Waals surface area contributed by atoms with E-state index in [1.165, 1.54) is 11.3 Å². The van der Waals surface area contributed by atoms with E-state index < -0.39 is 11.9 Å². The largest absolute Gasteiger partial charge is 0.478 e. The zero-order valence-electron chi connectivity index (χ0n) is 22.2. The fourth-order valence-corrected chi connectivity index (χ4v) is 8.13. The molecule has 2 saturated heterocycles. The maximum Gasteiger partial charge on any atom is 0.344 e. The highest BCUT2D eigenvalue weighted by Crippen LogP contribution is 2.47. The summed E-state index contributed by atoms with van der Waals surface area (Å²) in [5, 5.41) is 15.5. The van der Waals surface area contributed by atoms with Crippen LogP contribution in [0.25, 0.3) is 21.5 Å². The number of rotatable bonds is 7. The summed E-state index contributed by atoms with van der Waals surface area (Å²) in [6.45, 7) is 2.01. The van der Waals surface area contributed by atoms with Crippen LogP contribution in [0.1, 0.15) is 83.4 Å². The average Bonchev–Trinajstić information content (AvgIpc) is 3.44. The highest BCUT2D eigenvalue weighted by atomic mass is 35.5. The Morgan fingerprint density at radius 2 is 1.83 bits per heavy atom. The van der Waals surface area contributed by atoms with Crippen molar-refractivity contribution in [3.63, 3.8) is 0 Å². The predicted molar refractivity (Wildman–Crippen MR) is 158 cm³/mol. The van der Waals surface area contributed by atoms with Crippen LogP contribution in [0.2, 0.25) is 10.0 Å². The van der Waals surface area contributed by atoms with Gasteiger partial charge in [-0.1, -0.05) is 52.7 Å². The third-order valence-corrected chi connectivity index (χ3v) is 10.1. The molecule has 2 aromatic heterocycles. The van der Waals surface area contributed by atoms with Crippen LogP contribution < -0.4 is 4.90 Å². The number of hydrogen-bond acceptors (Lipinski definition) is 8. The summed E-state index contributed by atoms with van der Waals surface area (Å²) >= 11 is 14.5. The number of benzene rings is 2. The van der Waals surface area contributed by atoms with Crippen molar-refractivity contribution in [1.29, 1.82) is 0 Å². The number of carboxylic acids is 1. The second-order valence-electron chi connectivity index (χ2n) is 11.1. The molecule has 212 valence electrons. The molecule has 0 spiro atoms. The number of aryl methyl sites for hydroxylation is 1. The minimum atomic E-state index is -0.933. The van der Waals surface area contributed by atoms with E-state index in [1.54, 1.807) is 30.3 Å². The number of thiazole rings is 1. The lowest BCUT2D eigenvalue weighted by molar-refractivity contribution is 0.0202. The lowest BCUT2D eigenvalue weighted by Crippen LogP contribution is -2.46. The molecule has 2 bridgehead atoms. The topological polar surface area (TPSA) is 106 Å². The number of carbonyl (C=O) groups is 2. The third-order valence-electron chi connectivity index (χ3n) is 8.45. The van der Waals surface area contributed by atoms with Gasteiger partial charge in [-0.2, -0.15) is 0 Å². The molecule has 3 aliphatic rings. The molecule has 41 heavy (non-hydrogen) atoms. The number of anilines is 1. The molecule has 8 nitrogen and oxygen atoms in total. The van der Waals surface area contributed by atoms with Crippen LogP contribution in [-0.2, 0) is 11.2 Å². The highest BCUT2D eigenvalue weighted by molar-refractivity contribution is 7.22. The molecule has 1 N–H and O–H groups in total. The van der Waals surface area contributed by atoms with E-state index in [9.17, 15) is 14.7 Å². The lowest BCUT2D eigenvalue weighted by atomic mass is 9.99. The van der Waals surface area contributed by atoms with Crippen molar-refractivity contribution in [2.75, 3.05) is 4.90 Å². The first-order valence-corrected chi connectivity index (χ1v) is 15.5. The molecule has 11 heteroatoms. The number of aromatic nitrogens is 2. The summed E-state index contributed by atoms with van der Waals surface area (Å²) in [7, 11) is 0. The van der Waals surface area contributed by atoms with Gasteiger partial charge < -0.3 is 19.3 Å². The summed E-state index contributed by atoms with van der Waals surface area (Å²) in [6, 6.07) is 8.97. The monoisotopic (exact) mass is 611 g/mol. The fourth-order valence-electron chi connectivity index (χ4n) is 6.36. The van der Waals surface area contributed by atoms with Gasteiger partial charge in [0.15, 0.2) is 10.9 Å². The van der Waals surface area contributed by atoms with Crippen molar-refractivity contribution in [1.82, 2.24) is 10.1 Å². The second kappa shape index (κ2) is 10.3. The summed E-state index contributed by atoms with van der Waals surface area (Å²) in [5.74, 6) is -0.697. The number of aromatic carboxylic acids is 1. The van der Waals surface area contributed by atoms with Crippen molar-refractivity contribution in [3.05, 3.63) is 62.8 Å². The standard InChI is InChI=1S/C30H27Cl2N3O5S/c1-2-14-10-16(28(36)37)11-22-25(14)33-30(41-22)35-17-8-9-18(35)13-19(12-17)39-29(38)24-26(34-40-27(24)15-6-7-15)23-20(31)4-3-5-21(23)32/h3-5,10-11,15,17-19H,2,6-9,12-13H2,1H3,(H,36,37)/t17-,18+,19?. The number of piperidine rings is 1. The van der Waals surface area contributed by atoms with E-state index in [4.69, 9.17) is 37.4 Å². The van der Waals surface area contributed by atoms with Crippen LogP contribution >= 0.6 is 34.5 Å². The number of carbonyl (C=O) groups excluding carboxylic acids is 1. The van der Waals surface area contributed by atoms with Crippen LogP contribution in [0.15, 0.2) is 34.9 Å². The van der Waals surface area contributed by atoms with E-state index in [2.05, 4.69) is 10.1 Å². The van der Waals surface area contributed by atoms with E-state index in [-0.39, 0.29) is 29.7 Å². The Kier molecular flexibility index (Phi) is 6.71. The van der Waals surface area contributed by atoms with Crippen molar-refractivity contribution >= 4 is 61.8 Å². The first-order valence-electron chi connectivity index (χ1n) is 13.9. The van der Waals surface area contributed by atoms with Gasteiger partial charge in [0.2, 0.25) is 0 Å². The zero-order valence-corrected chi connectivity index (χ0v) is 24.6. The molecule has 4 heterocycles. The highest BCUT2D eigenvalue weighted by Gasteiger charge is 2.45. The first kappa shape index (κ1) is 26.7. The van der Waals surface area contributed by atoms with Gasteiger partial charge in [0.05, 0.1) is 25.8 Å². The number of hydrogen-bond donors (Lipinski definition) is 1. The molecular formula is C30H27Cl2N3O5S. The van der Waals surface area contributed by atoms with Gasteiger partial charge in [-0.15, -0.1) is 0 Å². The Balaban J connectivity index is 1.14. The first-order chi connectivity index (χ1) is 19.8. The van der Waals surface area contributed by atoms with E-state index >= 15 is 0 Å². The summed E-state index contributed by atoms with van der Waals surface area (Å²) in [6.07, 6.45) is 5.66. The van der Waals surface area contributed by atoms with Gasteiger partial charge in [-0.25, -0.2) is 14.6 Å². The fraction of sp³-hybridized carbons (Fsp3) is 0.400. The molecular weight excluding hydrogens is 585 g/mol. The van der Waals surface area contributed by atoms with Crippen molar-refractivity contribution in [2.45, 2.75) is 76.0 Å². The van der Waals surface area contributed by atoms with Gasteiger partial charge in [-0.05, 0) is 61.9 Å². The van der Waals surface area contributed by atoms with Crippen molar-refractivity contribution < 1.29 is 24.0 Å². The van der Waals surface area contributed by atoms with Gasteiger partial charge >= 0.3 is 11.9 Å². The van der Waals surface area contributed by atoms with Crippen molar-refractivity contribution in [3.8, 4) is 11.3 Å². The van der Waals surface area contributed by atoms with Crippen LogP contribution in [0.4, 0.5) is 5.13 Å². The van der Waals surface area contributed by atoms with E-state index in [1.807, 2.05) is 6.92 Å². The maximum absolute atomic E-state index is 13.7. The number of nitrogens with zero attached hydrogens (tertiary/aromatic N) is 3. The van der Waals surface area contributed by atoms with Crippen molar-refractivity contribution in [2.24, 2.45) is 0 Å². The van der Waals surface area contributed by atoms with E-state index in [0.29, 0.717) is 51.9 Å². The number of carboxylic acid groups (broad SMARTS) is 1. The maximum atomic E-state index is 13.7. The number of fused-ring (bicyclic) bond motifs is 3. The quantitative estimate of drug-likeness (QED) is 0.211. The summed E-state index contributed by atoms with van der Waals surface area (Å²) in [4.78, 5) is 32.7. The SMILES string of the molecule is CCc1cc(C(=O)O)cc2sc(N3[C@@H]4CC[C@H]3CC(OC(=O)c3c(-c5c(Cl)cccc5Cl)noc3C3CC3)C4)nc12. The lowest BCUT2D eigenvalue weighted by Gasteiger charge is -2.38. The Hall–Kier alpha value is -3.14. The predicted octanol–water partition coefficient (Wildman–Crippen LogP) is 7.75. The molecule has 1 aliphatic carbocycles. The van der Waals surface area contributed by atoms with Gasteiger partial charge in [0, 0.05) is 36.4 Å². The summed E-state index contributed by atoms with van der Waals surface area (Å²) < 4.78 is 12.7. The molecule has 0 radical (unpaired) electrons. The Bertz CT molecular complexity index is 1660. The smallest absolute Gasteiger partial charge is 0.344 e. The molecule has 3 atom stereocenters. The minimum Gasteiger partial charge on any atom is -0.478 e. The van der Waals surface area contributed by atoms with Crippen LogP contribution in [0.3, 0.4) is 0 Å². The molecule has 2 aromatic carbocycles. The molecule has 7 rings (SSSR count). The molecule has 1 unspecified atom stereocenters. The minimum absolute atomic E-state index is 0.145. The number of halogens is 2. The molecule has 3 fully saturated rings. The van der Waals surface area contributed by atoms with Crippen LogP contribution in [0, 0.1) is 0 Å². The Morgan fingerprint density at radius 1 is 1.12 bits per heavy atom. The average molecular weight is 613 g/mol. The number of esters is 1. The summed E-state index contributed by atoms with van der Waals surface area (Å²) in [5.41, 5.74) is 3.22. The molecule has 1 saturated carbocycles. The molecule has 4 aromatic rings. The zero-order chi connectivity index (χ0) is 28.4. The number of ether oxygens (including phenoxy) is 1. The van der Waals surface area contributed by atoms with Gasteiger partial charge in [0.25, 0.3) is 0 Å². The van der Waals surface area contributed by atoms with Crippen LogP contribution in [0.5, 0.6) is 0 Å². The molecule has 0 amide bonds. The van der Waals surface area contributed by atoms with Gasteiger partial charge in [0.1, 0.15) is 17.4 Å². The van der Waals surface area contributed by atoms with E-state index in [0.717, 1.165) is 46.6 Å². The molecule has 2 aliphatic heterocycles. The van der Waals surface area contributed by atoms with Crippen LogP contribution in [-0.4, -0.2) is 45.4 Å². The third kappa shape index (κ3) is 4.68.